The summed E-state index contributed by atoms with van der Waals surface area (Å²) >= 11 is 1.63. The zero-order chi connectivity index (χ0) is 18.0. The predicted octanol–water partition coefficient (Wildman–Crippen LogP) is 2.93. The molecule has 1 atom stereocenters. The molecule has 8 nitrogen and oxygen atoms in total. The number of carbonyl (C=O) groups excluding carboxylic acids is 1. The van der Waals surface area contributed by atoms with Crippen molar-refractivity contribution in [2.24, 2.45) is 0 Å². The van der Waals surface area contributed by atoms with Crippen LogP contribution in [-0.2, 0) is 0 Å². The summed E-state index contributed by atoms with van der Waals surface area (Å²) in [6.07, 6.45) is 0. The van der Waals surface area contributed by atoms with Crippen LogP contribution in [0.2, 0.25) is 0 Å². The fourth-order valence-electron chi connectivity index (χ4n) is 2.56. The van der Waals surface area contributed by atoms with Gasteiger partial charge in [0.15, 0.2) is 5.82 Å². The Bertz CT molecular complexity index is 902. The lowest BCUT2D eigenvalue weighted by atomic mass is 10.2. The standard InChI is InChI=1S/C16H19N7OS/c1-9(15-10(2)25-12(4)18-15)17-16(24)19-13-6-5-7-14(8-13)23-11(3)20-21-22-23/h5-9H,1-4H3,(H2,17,19,24)/t9-/m1/s1. The van der Waals surface area contributed by atoms with Crippen LogP contribution in [0.1, 0.15) is 34.4 Å². The first-order chi connectivity index (χ1) is 11.9. The highest BCUT2D eigenvalue weighted by Crippen LogP contribution is 2.22. The van der Waals surface area contributed by atoms with Crippen LogP contribution in [0.4, 0.5) is 10.5 Å². The summed E-state index contributed by atoms with van der Waals surface area (Å²) < 4.78 is 1.60. The monoisotopic (exact) mass is 357 g/mol. The van der Waals surface area contributed by atoms with Crippen LogP contribution >= 0.6 is 11.3 Å². The Balaban J connectivity index is 1.69. The Kier molecular flexibility index (Phi) is 4.75. The second-order valence-corrected chi connectivity index (χ2v) is 7.09. The van der Waals surface area contributed by atoms with Gasteiger partial charge >= 0.3 is 6.03 Å². The third-order valence-corrected chi connectivity index (χ3v) is 4.57. The molecule has 2 heterocycles. The van der Waals surface area contributed by atoms with Gasteiger partial charge in [0, 0.05) is 10.6 Å². The average molecular weight is 357 g/mol. The molecule has 2 N–H and O–H groups in total. The number of anilines is 1. The van der Waals surface area contributed by atoms with E-state index in [1.807, 2.05) is 52.0 Å². The molecule has 0 fully saturated rings. The summed E-state index contributed by atoms with van der Waals surface area (Å²) in [7, 11) is 0. The summed E-state index contributed by atoms with van der Waals surface area (Å²) in [5.41, 5.74) is 2.33. The normalized spacial score (nSPS) is 12.0. The maximum atomic E-state index is 12.3. The molecule has 0 aliphatic carbocycles. The number of hydrogen-bond acceptors (Lipinski definition) is 6. The molecule has 0 radical (unpaired) electrons. The van der Waals surface area contributed by atoms with Gasteiger partial charge in [0.05, 0.1) is 22.4 Å². The number of carbonyl (C=O) groups is 1. The van der Waals surface area contributed by atoms with Crippen LogP contribution < -0.4 is 10.6 Å². The Labute approximate surface area is 149 Å². The number of tetrazole rings is 1. The number of aryl methyl sites for hydroxylation is 3. The summed E-state index contributed by atoms with van der Waals surface area (Å²) in [6, 6.07) is 6.87. The van der Waals surface area contributed by atoms with Crippen molar-refractivity contribution in [1.29, 1.82) is 0 Å². The molecule has 0 saturated carbocycles. The van der Waals surface area contributed by atoms with Crippen LogP contribution in [0.25, 0.3) is 5.69 Å². The molecule has 2 aromatic heterocycles. The topological polar surface area (TPSA) is 97.6 Å². The second-order valence-electron chi connectivity index (χ2n) is 5.68. The SMILES string of the molecule is Cc1nc([C@@H](C)NC(=O)Nc2cccc(-n3nnnc3C)c2)c(C)s1. The zero-order valence-corrected chi connectivity index (χ0v) is 15.3. The van der Waals surface area contributed by atoms with Gasteiger partial charge in [-0.3, -0.25) is 0 Å². The van der Waals surface area contributed by atoms with Crippen molar-refractivity contribution < 1.29 is 4.79 Å². The van der Waals surface area contributed by atoms with E-state index in [9.17, 15) is 4.79 Å². The molecule has 9 heteroatoms. The van der Waals surface area contributed by atoms with Gasteiger partial charge < -0.3 is 10.6 Å². The summed E-state index contributed by atoms with van der Waals surface area (Å²) in [5.74, 6) is 0.671. The molecule has 1 aromatic carbocycles. The third-order valence-electron chi connectivity index (χ3n) is 3.67. The largest absolute Gasteiger partial charge is 0.330 e. The summed E-state index contributed by atoms with van der Waals surface area (Å²) in [4.78, 5) is 17.9. The van der Waals surface area contributed by atoms with E-state index in [0.717, 1.165) is 21.3 Å². The zero-order valence-electron chi connectivity index (χ0n) is 14.4. The minimum Gasteiger partial charge on any atom is -0.330 e. The molecule has 25 heavy (non-hydrogen) atoms. The number of rotatable bonds is 4. The average Bonchev–Trinajstić information content (AvgIpc) is 3.12. The summed E-state index contributed by atoms with van der Waals surface area (Å²) in [5, 5.41) is 18.2. The first-order valence-corrected chi connectivity index (χ1v) is 8.62. The number of aromatic nitrogens is 5. The Morgan fingerprint density at radius 1 is 1.28 bits per heavy atom. The van der Waals surface area contributed by atoms with E-state index in [1.54, 1.807) is 16.0 Å². The number of thiazole rings is 1. The van der Waals surface area contributed by atoms with Crippen LogP contribution in [0.3, 0.4) is 0 Å². The van der Waals surface area contributed by atoms with Gasteiger partial charge in [-0.05, 0) is 56.3 Å². The minimum absolute atomic E-state index is 0.171. The van der Waals surface area contributed by atoms with Crippen LogP contribution in [0, 0.1) is 20.8 Å². The maximum absolute atomic E-state index is 12.3. The second kappa shape index (κ2) is 6.98. The molecule has 2 amide bonds. The molecular formula is C16H19N7OS. The quantitative estimate of drug-likeness (QED) is 0.748. The fraction of sp³-hybridized carbons (Fsp3) is 0.312. The van der Waals surface area contributed by atoms with Gasteiger partial charge in [0.1, 0.15) is 0 Å². The van der Waals surface area contributed by atoms with Crippen molar-refractivity contribution in [2.75, 3.05) is 5.32 Å². The molecule has 3 aromatic rings. The highest BCUT2D eigenvalue weighted by molar-refractivity contribution is 7.11. The minimum atomic E-state index is -0.289. The van der Waals surface area contributed by atoms with Crippen LogP contribution in [0.15, 0.2) is 24.3 Å². The Hall–Kier alpha value is -2.81. The van der Waals surface area contributed by atoms with Gasteiger partial charge in [-0.25, -0.2) is 9.78 Å². The molecule has 130 valence electrons. The van der Waals surface area contributed by atoms with E-state index in [-0.39, 0.29) is 12.1 Å². The van der Waals surface area contributed by atoms with E-state index < -0.39 is 0 Å². The highest BCUT2D eigenvalue weighted by Gasteiger charge is 2.15. The van der Waals surface area contributed by atoms with Crippen molar-refractivity contribution in [3.63, 3.8) is 0 Å². The number of nitrogens with one attached hydrogen (secondary N) is 2. The van der Waals surface area contributed by atoms with E-state index in [4.69, 9.17) is 0 Å². The van der Waals surface area contributed by atoms with Crippen LogP contribution in [-0.4, -0.2) is 31.2 Å². The van der Waals surface area contributed by atoms with Crippen molar-refractivity contribution in [3.8, 4) is 5.69 Å². The van der Waals surface area contributed by atoms with Crippen molar-refractivity contribution in [3.05, 3.63) is 45.7 Å². The lowest BCUT2D eigenvalue weighted by molar-refractivity contribution is 0.249. The van der Waals surface area contributed by atoms with E-state index >= 15 is 0 Å². The van der Waals surface area contributed by atoms with Gasteiger partial charge in [0.2, 0.25) is 0 Å². The third kappa shape index (κ3) is 3.82. The van der Waals surface area contributed by atoms with E-state index in [1.165, 1.54) is 0 Å². The lowest BCUT2D eigenvalue weighted by Crippen LogP contribution is -2.31. The predicted molar refractivity (Wildman–Crippen MR) is 96.0 cm³/mol. The molecule has 0 aliphatic rings. The number of nitrogens with zero attached hydrogens (tertiary/aromatic N) is 5. The smallest absolute Gasteiger partial charge is 0.319 e. The Morgan fingerprint density at radius 3 is 2.72 bits per heavy atom. The molecule has 0 unspecified atom stereocenters. The van der Waals surface area contributed by atoms with Crippen molar-refractivity contribution >= 4 is 23.1 Å². The lowest BCUT2D eigenvalue weighted by Gasteiger charge is -2.14. The van der Waals surface area contributed by atoms with Gasteiger partial charge in [0.25, 0.3) is 0 Å². The molecule has 0 aliphatic heterocycles. The first kappa shape index (κ1) is 17.0. The van der Waals surface area contributed by atoms with Crippen molar-refractivity contribution in [2.45, 2.75) is 33.7 Å². The molecule has 0 spiro atoms. The molecule has 3 rings (SSSR count). The first-order valence-electron chi connectivity index (χ1n) is 7.81. The Morgan fingerprint density at radius 2 is 2.08 bits per heavy atom. The molecule has 0 saturated heterocycles. The van der Waals surface area contributed by atoms with Gasteiger partial charge in [-0.1, -0.05) is 6.07 Å². The fourth-order valence-corrected chi connectivity index (χ4v) is 3.48. The molecule has 0 bridgehead atoms. The van der Waals surface area contributed by atoms with Crippen molar-refractivity contribution in [1.82, 2.24) is 30.5 Å². The number of hydrogen-bond donors (Lipinski definition) is 2. The molecular weight excluding hydrogens is 338 g/mol. The van der Waals surface area contributed by atoms with Crippen LogP contribution in [0.5, 0.6) is 0 Å². The van der Waals surface area contributed by atoms with E-state index in [0.29, 0.717) is 11.5 Å². The number of benzene rings is 1. The highest BCUT2D eigenvalue weighted by atomic mass is 32.1. The maximum Gasteiger partial charge on any atom is 0.319 e. The van der Waals surface area contributed by atoms with E-state index in [2.05, 4.69) is 31.1 Å². The number of urea groups is 1. The van der Waals surface area contributed by atoms with Gasteiger partial charge in [-0.2, -0.15) is 4.68 Å². The number of amides is 2. The van der Waals surface area contributed by atoms with Gasteiger partial charge in [-0.15, -0.1) is 16.4 Å². The summed E-state index contributed by atoms with van der Waals surface area (Å²) in [6.45, 7) is 7.70.